The fourth-order valence-electron chi connectivity index (χ4n) is 5.46. The van der Waals surface area contributed by atoms with Crippen LogP contribution in [0.25, 0.3) is 21.2 Å². The van der Waals surface area contributed by atoms with Crippen LogP contribution in [0.1, 0.15) is 12.8 Å². The molecule has 0 N–H and O–H groups in total. The van der Waals surface area contributed by atoms with Crippen LogP contribution in [0.4, 0.5) is 0 Å². The predicted molar refractivity (Wildman–Crippen MR) is 106 cm³/mol. The summed E-state index contributed by atoms with van der Waals surface area (Å²) in [7, 11) is 0. The van der Waals surface area contributed by atoms with Crippen molar-refractivity contribution in [3.8, 4) is 17.0 Å². The minimum absolute atomic E-state index is 0.364. The number of thiophene rings is 1. The summed E-state index contributed by atoms with van der Waals surface area (Å²) in [6.45, 7) is 3.76. The maximum absolute atomic E-state index is 6.40. The van der Waals surface area contributed by atoms with Crippen LogP contribution in [0, 0.1) is 17.8 Å². The van der Waals surface area contributed by atoms with Gasteiger partial charge in [0.05, 0.1) is 0 Å². The lowest BCUT2D eigenvalue weighted by atomic mass is 9.66. The lowest BCUT2D eigenvalue weighted by molar-refractivity contribution is -0.0997. The lowest BCUT2D eigenvalue weighted by Crippen LogP contribution is -2.61. The van der Waals surface area contributed by atoms with Crippen molar-refractivity contribution in [3.63, 3.8) is 0 Å². The molecule has 1 aromatic carbocycles. The van der Waals surface area contributed by atoms with E-state index in [0.29, 0.717) is 17.9 Å². The van der Waals surface area contributed by atoms with E-state index < -0.39 is 0 Å². The number of hydrogen-bond acceptors (Lipinski definition) is 4. The van der Waals surface area contributed by atoms with E-state index in [0.717, 1.165) is 17.4 Å². The predicted octanol–water partition coefficient (Wildman–Crippen LogP) is 4.68. The van der Waals surface area contributed by atoms with Crippen molar-refractivity contribution in [3.05, 3.63) is 48.0 Å². The third kappa shape index (κ3) is 2.47. The first-order chi connectivity index (χ1) is 12.8. The SMILES string of the molecule is c1cc2cc(-c3ccc(OC4C5CC6CC4CN(C6)C5)nc3)ccc2s1. The van der Waals surface area contributed by atoms with Gasteiger partial charge in [-0.1, -0.05) is 6.07 Å². The molecule has 1 saturated carbocycles. The quantitative estimate of drug-likeness (QED) is 0.676. The number of ether oxygens (including phenoxy) is 1. The van der Waals surface area contributed by atoms with E-state index in [4.69, 9.17) is 4.74 Å². The number of benzene rings is 1. The van der Waals surface area contributed by atoms with Gasteiger partial charge in [-0.25, -0.2) is 4.98 Å². The number of rotatable bonds is 3. The number of piperidine rings is 3. The lowest BCUT2D eigenvalue weighted by Gasteiger charge is -2.55. The van der Waals surface area contributed by atoms with E-state index >= 15 is 0 Å². The summed E-state index contributed by atoms with van der Waals surface area (Å²) in [6.07, 6.45) is 5.01. The molecule has 3 aromatic rings. The van der Waals surface area contributed by atoms with Crippen LogP contribution in [0.15, 0.2) is 48.0 Å². The van der Waals surface area contributed by atoms with Crippen molar-refractivity contribution >= 4 is 21.4 Å². The number of hydrogen-bond donors (Lipinski definition) is 0. The Labute approximate surface area is 157 Å². The standard InChI is InChI=1S/C22H22N2OS/c1-3-20-16(5-6-26-20)9-15(1)17-2-4-21(23-10-17)25-22-18-7-14-8-19(22)13-24(11-14)12-18/h1-6,9-10,14,18-19,22H,7-8,11-13H2. The molecule has 3 saturated heterocycles. The van der Waals surface area contributed by atoms with Crippen molar-refractivity contribution in [2.45, 2.75) is 18.9 Å². The molecule has 2 aromatic heterocycles. The molecular weight excluding hydrogens is 340 g/mol. The smallest absolute Gasteiger partial charge is 0.213 e. The average Bonchev–Trinajstić information content (AvgIpc) is 3.12. The van der Waals surface area contributed by atoms with Crippen LogP contribution in [0.2, 0.25) is 0 Å². The molecule has 26 heavy (non-hydrogen) atoms. The zero-order chi connectivity index (χ0) is 17.1. The highest BCUT2D eigenvalue weighted by Crippen LogP contribution is 2.44. The second kappa shape index (κ2) is 5.80. The topological polar surface area (TPSA) is 25.4 Å². The molecule has 2 atom stereocenters. The molecular formula is C22H22N2OS. The molecule has 4 aliphatic rings. The minimum Gasteiger partial charge on any atom is -0.474 e. The zero-order valence-corrected chi connectivity index (χ0v) is 15.5. The third-order valence-electron chi connectivity index (χ3n) is 6.48. The van der Waals surface area contributed by atoms with Crippen molar-refractivity contribution < 1.29 is 4.74 Å². The van der Waals surface area contributed by atoms with Crippen LogP contribution in [0.3, 0.4) is 0 Å². The largest absolute Gasteiger partial charge is 0.474 e. The number of fused-ring (bicyclic) bond motifs is 1. The highest BCUT2D eigenvalue weighted by atomic mass is 32.1. The summed E-state index contributed by atoms with van der Waals surface area (Å²) in [5, 5.41) is 3.45. The summed E-state index contributed by atoms with van der Waals surface area (Å²) >= 11 is 1.79. The van der Waals surface area contributed by atoms with E-state index in [9.17, 15) is 0 Å². The maximum Gasteiger partial charge on any atom is 0.213 e. The van der Waals surface area contributed by atoms with Crippen molar-refractivity contribution in [2.75, 3.05) is 19.6 Å². The maximum atomic E-state index is 6.40. The molecule has 4 bridgehead atoms. The van der Waals surface area contributed by atoms with Gasteiger partial charge in [-0.15, -0.1) is 11.3 Å². The monoisotopic (exact) mass is 362 g/mol. The van der Waals surface area contributed by atoms with Gasteiger partial charge >= 0.3 is 0 Å². The first-order valence-electron chi connectivity index (χ1n) is 9.64. The van der Waals surface area contributed by atoms with Crippen molar-refractivity contribution in [1.29, 1.82) is 0 Å². The van der Waals surface area contributed by atoms with Gasteiger partial charge in [-0.05, 0) is 59.4 Å². The first-order valence-corrected chi connectivity index (χ1v) is 10.5. The third-order valence-corrected chi connectivity index (χ3v) is 7.38. The normalized spacial score (nSPS) is 32.2. The highest BCUT2D eigenvalue weighted by molar-refractivity contribution is 7.17. The Bertz CT molecular complexity index is 920. The first kappa shape index (κ1) is 15.2. The van der Waals surface area contributed by atoms with E-state index in [2.05, 4.69) is 51.7 Å². The fourth-order valence-corrected chi connectivity index (χ4v) is 6.23. The molecule has 4 fully saturated rings. The Morgan fingerprint density at radius 2 is 1.81 bits per heavy atom. The second-order valence-corrected chi connectivity index (χ2v) is 9.16. The molecule has 5 heterocycles. The number of nitrogens with zero attached hydrogens (tertiary/aromatic N) is 2. The van der Waals surface area contributed by atoms with Gasteiger partial charge in [-0.3, -0.25) is 0 Å². The van der Waals surface area contributed by atoms with Gasteiger partial charge < -0.3 is 9.64 Å². The van der Waals surface area contributed by atoms with Crippen LogP contribution in [0.5, 0.6) is 5.88 Å². The second-order valence-electron chi connectivity index (χ2n) is 8.22. The van der Waals surface area contributed by atoms with Gasteiger partial charge in [-0.2, -0.15) is 0 Å². The van der Waals surface area contributed by atoms with Gasteiger partial charge in [0.2, 0.25) is 5.88 Å². The van der Waals surface area contributed by atoms with E-state index in [1.165, 1.54) is 48.1 Å². The van der Waals surface area contributed by atoms with Gasteiger partial charge in [0, 0.05) is 54.0 Å². The molecule has 3 aliphatic heterocycles. The molecule has 7 rings (SSSR count). The molecule has 0 spiro atoms. The Kier molecular flexibility index (Phi) is 3.38. The van der Waals surface area contributed by atoms with E-state index in [1.807, 2.05) is 6.20 Å². The van der Waals surface area contributed by atoms with Gasteiger partial charge in [0.1, 0.15) is 6.10 Å². The van der Waals surface area contributed by atoms with Crippen LogP contribution in [-0.4, -0.2) is 35.6 Å². The summed E-state index contributed by atoms with van der Waals surface area (Å²) in [6, 6.07) is 13.0. The molecule has 0 amide bonds. The molecule has 2 unspecified atom stereocenters. The molecule has 3 nitrogen and oxygen atoms in total. The Morgan fingerprint density at radius 3 is 2.58 bits per heavy atom. The van der Waals surface area contributed by atoms with E-state index in [1.54, 1.807) is 11.3 Å². The van der Waals surface area contributed by atoms with Crippen LogP contribution < -0.4 is 4.74 Å². The van der Waals surface area contributed by atoms with Crippen LogP contribution in [-0.2, 0) is 0 Å². The highest BCUT2D eigenvalue weighted by Gasteiger charge is 2.48. The fraction of sp³-hybridized carbons (Fsp3) is 0.409. The molecule has 1 aliphatic carbocycles. The molecule has 4 heteroatoms. The summed E-state index contributed by atoms with van der Waals surface area (Å²) in [5.41, 5.74) is 2.37. The molecule has 132 valence electrons. The van der Waals surface area contributed by atoms with Crippen molar-refractivity contribution in [1.82, 2.24) is 9.88 Å². The Balaban J connectivity index is 1.23. The summed E-state index contributed by atoms with van der Waals surface area (Å²) in [5.74, 6) is 3.10. The number of aromatic nitrogens is 1. The van der Waals surface area contributed by atoms with E-state index in [-0.39, 0.29) is 0 Å². The number of pyridine rings is 1. The van der Waals surface area contributed by atoms with Gasteiger partial charge in [0.15, 0.2) is 0 Å². The Hall–Kier alpha value is -1.91. The van der Waals surface area contributed by atoms with Gasteiger partial charge in [0.25, 0.3) is 0 Å². The summed E-state index contributed by atoms with van der Waals surface area (Å²) < 4.78 is 7.74. The molecule has 0 radical (unpaired) electrons. The average molecular weight is 362 g/mol. The minimum atomic E-state index is 0.364. The zero-order valence-electron chi connectivity index (χ0n) is 14.7. The Morgan fingerprint density at radius 1 is 0.962 bits per heavy atom. The summed E-state index contributed by atoms with van der Waals surface area (Å²) in [4.78, 5) is 7.28. The van der Waals surface area contributed by atoms with Crippen molar-refractivity contribution in [2.24, 2.45) is 17.8 Å². The van der Waals surface area contributed by atoms with Crippen LogP contribution >= 0.6 is 11.3 Å².